The molecule has 4 heteroatoms. The van der Waals surface area contributed by atoms with E-state index in [1.165, 1.54) is 0 Å². The minimum Gasteiger partial charge on any atom is -0.481 e. The van der Waals surface area contributed by atoms with Crippen LogP contribution in [0.4, 0.5) is 0 Å². The fourth-order valence-corrected chi connectivity index (χ4v) is 0.909. The van der Waals surface area contributed by atoms with E-state index in [2.05, 4.69) is 5.32 Å². The number of amides is 1. The number of carboxylic acids is 1. The molecule has 0 aliphatic rings. The highest BCUT2D eigenvalue weighted by atomic mass is 16.4. The van der Waals surface area contributed by atoms with Gasteiger partial charge in [-0.25, -0.2) is 0 Å². The van der Waals surface area contributed by atoms with E-state index in [1.54, 1.807) is 0 Å². The van der Waals surface area contributed by atoms with Gasteiger partial charge in [-0.05, 0) is 12.8 Å². The average molecular weight is 173 g/mol. The molecule has 0 atom stereocenters. The van der Waals surface area contributed by atoms with Gasteiger partial charge in [0.15, 0.2) is 0 Å². The molecule has 0 spiro atoms. The van der Waals surface area contributed by atoms with Gasteiger partial charge in [0.2, 0.25) is 5.91 Å². The van der Waals surface area contributed by atoms with E-state index in [1.807, 2.05) is 13.8 Å². The van der Waals surface area contributed by atoms with E-state index in [0.29, 0.717) is 0 Å². The first kappa shape index (κ1) is 10.9. The Labute approximate surface area is 72.0 Å². The summed E-state index contributed by atoms with van der Waals surface area (Å²) in [4.78, 5) is 21.0. The molecule has 0 aromatic carbocycles. The van der Waals surface area contributed by atoms with Crippen molar-refractivity contribution in [1.82, 2.24) is 5.32 Å². The molecule has 0 radical (unpaired) electrons. The summed E-state index contributed by atoms with van der Waals surface area (Å²) in [5.41, 5.74) is 0. The number of carboxylic acid groups (broad SMARTS) is 1. The van der Waals surface area contributed by atoms with Crippen LogP contribution in [0.3, 0.4) is 0 Å². The van der Waals surface area contributed by atoms with Crippen molar-refractivity contribution in [2.45, 2.75) is 39.2 Å². The predicted octanol–water partition coefficient (Wildman–Crippen LogP) is 0.766. The van der Waals surface area contributed by atoms with Crippen LogP contribution >= 0.6 is 0 Å². The molecule has 4 nitrogen and oxygen atoms in total. The molecule has 0 fully saturated rings. The second-order valence-electron chi connectivity index (χ2n) is 2.65. The molecule has 0 heterocycles. The first-order valence-corrected chi connectivity index (χ1v) is 4.11. The molecular formula is C8H15NO3. The molecule has 0 bridgehead atoms. The Balaban J connectivity index is 3.74. The number of rotatable bonds is 5. The molecule has 0 saturated heterocycles. The van der Waals surface area contributed by atoms with Crippen LogP contribution in [-0.2, 0) is 9.59 Å². The van der Waals surface area contributed by atoms with Gasteiger partial charge in [-0.3, -0.25) is 9.59 Å². The summed E-state index contributed by atoms with van der Waals surface area (Å²) < 4.78 is 0. The van der Waals surface area contributed by atoms with Gasteiger partial charge in [-0.1, -0.05) is 13.8 Å². The zero-order valence-corrected chi connectivity index (χ0v) is 7.46. The van der Waals surface area contributed by atoms with Gasteiger partial charge < -0.3 is 10.4 Å². The van der Waals surface area contributed by atoms with Gasteiger partial charge in [0, 0.05) is 6.04 Å². The van der Waals surface area contributed by atoms with Crippen molar-refractivity contribution in [3.05, 3.63) is 0 Å². The van der Waals surface area contributed by atoms with E-state index in [-0.39, 0.29) is 6.04 Å². The second-order valence-corrected chi connectivity index (χ2v) is 2.65. The van der Waals surface area contributed by atoms with Crippen molar-refractivity contribution in [2.24, 2.45) is 0 Å². The molecule has 0 rings (SSSR count). The molecule has 1 amide bonds. The number of carbonyl (C=O) groups excluding carboxylic acids is 1. The second kappa shape index (κ2) is 5.57. The highest BCUT2D eigenvalue weighted by Crippen LogP contribution is 1.96. The Kier molecular flexibility index (Phi) is 5.08. The van der Waals surface area contributed by atoms with E-state index in [9.17, 15) is 9.59 Å². The van der Waals surface area contributed by atoms with Crippen LogP contribution < -0.4 is 5.32 Å². The number of hydrogen-bond acceptors (Lipinski definition) is 2. The molecule has 0 aliphatic heterocycles. The Morgan fingerprint density at radius 1 is 1.33 bits per heavy atom. The third-order valence-electron chi connectivity index (χ3n) is 1.66. The number of hydrogen-bond donors (Lipinski definition) is 2. The Morgan fingerprint density at radius 2 is 1.83 bits per heavy atom. The minimum atomic E-state index is -1.08. The monoisotopic (exact) mass is 173 g/mol. The molecule has 0 aromatic heterocycles. The fourth-order valence-electron chi connectivity index (χ4n) is 0.909. The summed E-state index contributed by atoms with van der Waals surface area (Å²) in [5.74, 6) is -1.49. The lowest BCUT2D eigenvalue weighted by Crippen LogP contribution is -2.34. The van der Waals surface area contributed by atoms with E-state index < -0.39 is 18.3 Å². The van der Waals surface area contributed by atoms with Crippen molar-refractivity contribution in [3.8, 4) is 0 Å². The molecule has 0 aromatic rings. The third-order valence-corrected chi connectivity index (χ3v) is 1.66. The smallest absolute Gasteiger partial charge is 0.312 e. The number of nitrogens with one attached hydrogen (secondary N) is 1. The summed E-state index contributed by atoms with van der Waals surface area (Å²) in [6.07, 6.45) is 1.24. The predicted molar refractivity (Wildman–Crippen MR) is 44.8 cm³/mol. The van der Waals surface area contributed by atoms with Crippen LogP contribution in [0.1, 0.15) is 33.1 Å². The maximum Gasteiger partial charge on any atom is 0.312 e. The first-order valence-electron chi connectivity index (χ1n) is 4.11. The maximum absolute atomic E-state index is 10.9. The Hall–Kier alpha value is -1.06. The molecule has 0 aliphatic carbocycles. The lowest BCUT2D eigenvalue weighted by molar-refractivity contribution is -0.140. The Bertz CT molecular complexity index is 164. The van der Waals surface area contributed by atoms with Gasteiger partial charge in [0.1, 0.15) is 6.42 Å². The first-order chi connectivity index (χ1) is 5.60. The normalized spacial score (nSPS) is 9.92. The van der Waals surface area contributed by atoms with E-state index in [0.717, 1.165) is 12.8 Å². The highest BCUT2D eigenvalue weighted by molar-refractivity contribution is 5.93. The van der Waals surface area contributed by atoms with Crippen molar-refractivity contribution >= 4 is 11.9 Å². The van der Waals surface area contributed by atoms with Crippen molar-refractivity contribution in [3.63, 3.8) is 0 Å². The zero-order chi connectivity index (χ0) is 9.56. The van der Waals surface area contributed by atoms with Crippen LogP contribution in [0.25, 0.3) is 0 Å². The fraction of sp³-hybridized carbons (Fsp3) is 0.750. The maximum atomic E-state index is 10.9. The van der Waals surface area contributed by atoms with Crippen LogP contribution in [0.2, 0.25) is 0 Å². The quantitative estimate of drug-likeness (QED) is 0.603. The largest absolute Gasteiger partial charge is 0.481 e. The van der Waals surface area contributed by atoms with Gasteiger partial charge in [-0.15, -0.1) is 0 Å². The lowest BCUT2D eigenvalue weighted by Gasteiger charge is -2.13. The highest BCUT2D eigenvalue weighted by Gasteiger charge is 2.10. The number of aliphatic carboxylic acids is 1. The molecular weight excluding hydrogens is 158 g/mol. The van der Waals surface area contributed by atoms with Gasteiger partial charge in [0.25, 0.3) is 0 Å². The molecule has 0 saturated carbocycles. The third kappa shape index (κ3) is 4.71. The van der Waals surface area contributed by atoms with Crippen molar-refractivity contribution in [1.29, 1.82) is 0 Å². The van der Waals surface area contributed by atoms with Crippen LogP contribution in [0.15, 0.2) is 0 Å². The summed E-state index contributed by atoms with van der Waals surface area (Å²) in [6, 6.07) is 0.108. The van der Waals surface area contributed by atoms with Gasteiger partial charge in [0.05, 0.1) is 0 Å². The standard InChI is InChI=1S/C8H15NO3/c1-3-6(4-2)9-7(10)5-8(11)12/h6H,3-5H2,1-2H3,(H,9,10)(H,11,12). The summed E-state index contributed by atoms with van der Waals surface area (Å²) in [7, 11) is 0. The zero-order valence-electron chi connectivity index (χ0n) is 7.46. The summed E-state index contributed by atoms with van der Waals surface area (Å²) >= 11 is 0. The number of carbonyl (C=O) groups is 2. The van der Waals surface area contributed by atoms with Crippen LogP contribution in [-0.4, -0.2) is 23.0 Å². The van der Waals surface area contributed by atoms with Crippen LogP contribution in [0, 0.1) is 0 Å². The molecule has 0 unspecified atom stereocenters. The summed E-state index contributed by atoms with van der Waals surface area (Å²) in [5, 5.41) is 10.9. The SMILES string of the molecule is CCC(CC)NC(=O)CC(=O)O. The topological polar surface area (TPSA) is 66.4 Å². The minimum absolute atomic E-state index is 0.108. The molecule has 70 valence electrons. The average Bonchev–Trinajstić information content (AvgIpc) is 1.98. The summed E-state index contributed by atoms with van der Waals surface area (Å²) in [6.45, 7) is 3.91. The molecule has 2 N–H and O–H groups in total. The van der Waals surface area contributed by atoms with Crippen LogP contribution in [0.5, 0.6) is 0 Å². The lowest BCUT2D eigenvalue weighted by atomic mass is 10.1. The Morgan fingerprint density at radius 3 is 2.17 bits per heavy atom. The van der Waals surface area contributed by atoms with Crippen molar-refractivity contribution in [2.75, 3.05) is 0 Å². The van der Waals surface area contributed by atoms with E-state index in [4.69, 9.17) is 5.11 Å². The van der Waals surface area contributed by atoms with E-state index >= 15 is 0 Å². The van der Waals surface area contributed by atoms with Gasteiger partial charge >= 0.3 is 5.97 Å². The van der Waals surface area contributed by atoms with Crippen molar-refractivity contribution < 1.29 is 14.7 Å². The molecule has 12 heavy (non-hydrogen) atoms. The van der Waals surface area contributed by atoms with Gasteiger partial charge in [-0.2, -0.15) is 0 Å².